The summed E-state index contributed by atoms with van der Waals surface area (Å²) in [6.07, 6.45) is 8.08. The summed E-state index contributed by atoms with van der Waals surface area (Å²) in [6.45, 7) is 2.44. The molecule has 0 aromatic heterocycles. The predicted molar refractivity (Wildman–Crippen MR) is 145 cm³/mol. The zero-order valence-corrected chi connectivity index (χ0v) is 22.1. The van der Waals surface area contributed by atoms with E-state index >= 15 is 0 Å². The molecule has 0 aliphatic rings. The van der Waals surface area contributed by atoms with Crippen molar-refractivity contribution in [2.75, 3.05) is 33.9 Å². The van der Waals surface area contributed by atoms with Gasteiger partial charge in [-0.2, -0.15) is 0 Å². The van der Waals surface area contributed by atoms with Gasteiger partial charge in [0.25, 0.3) is 0 Å². The molecule has 0 unspecified atom stereocenters. The lowest BCUT2D eigenvalue weighted by Crippen LogP contribution is -2.43. The highest BCUT2D eigenvalue weighted by molar-refractivity contribution is 5.77. The van der Waals surface area contributed by atoms with Crippen molar-refractivity contribution >= 4 is 11.9 Å². The highest BCUT2D eigenvalue weighted by Crippen LogP contribution is 2.09. The van der Waals surface area contributed by atoms with Crippen LogP contribution in [-0.4, -0.2) is 56.7 Å². The van der Waals surface area contributed by atoms with E-state index in [9.17, 15) is 9.59 Å². The second-order valence-corrected chi connectivity index (χ2v) is 9.60. The monoisotopic (exact) mass is 496 g/mol. The SMILES string of the molecule is CN(C)C[C@@H](CC(=O)OCc1ccccc1)NC(=O)CCCCCCCCOCCc1ccccc1. The number of benzene rings is 2. The summed E-state index contributed by atoms with van der Waals surface area (Å²) in [5, 5.41) is 3.02. The molecule has 0 spiro atoms. The maximum atomic E-state index is 12.4. The number of amides is 1. The van der Waals surface area contributed by atoms with Crippen LogP contribution in [0.4, 0.5) is 0 Å². The van der Waals surface area contributed by atoms with Crippen molar-refractivity contribution in [3.05, 3.63) is 71.8 Å². The Labute approximate surface area is 217 Å². The number of nitrogens with one attached hydrogen (secondary N) is 1. The van der Waals surface area contributed by atoms with Gasteiger partial charge in [-0.3, -0.25) is 9.59 Å². The van der Waals surface area contributed by atoms with Gasteiger partial charge in [-0.25, -0.2) is 0 Å². The van der Waals surface area contributed by atoms with Crippen LogP contribution in [0.5, 0.6) is 0 Å². The van der Waals surface area contributed by atoms with Gasteiger partial charge in [0.05, 0.1) is 19.1 Å². The Morgan fingerprint density at radius 1 is 0.806 bits per heavy atom. The second-order valence-electron chi connectivity index (χ2n) is 9.60. The van der Waals surface area contributed by atoms with Crippen molar-refractivity contribution in [1.82, 2.24) is 10.2 Å². The van der Waals surface area contributed by atoms with Crippen molar-refractivity contribution < 1.29 is 19.1 Å². The summed E-state index contributed by atoms with van der Waals surface area (Å²) >= 11 is 0. The molecule has 0 aliphatic carbocycles. The predicted octanol–water partition coefficient (Wildman–Crippen LogP) is 5.16. The normalized spacial score (nSPS) is 11.9. The van der Waals surface area contributed by atoms with Crippen LogP contribution in [0.3, 0.4) is 0 Å². The van der Waals surface area contributed by atoms with E-state index in [0.29, 0.717) is 13.0 Å². The van der Waals surface area contributed by atoms with Gasteiger partial charge in [-0.1, -0.05) is 86.3 Å². The molecule has 6 nitrogen and oxygen atoms in total. The maximum Gasteiger partial charge on any atom is 0.308 e. The molecule has 2 aromatic rings. The molecule has 198 valence electrons. The quantitative estimate of drug-likeness (QED) is 0.215. The highest BCUT2D eigenvalue weighted by atomic mass is 16.5. The number of nitrogens with zero attached hydrogens (tertiary/aromatic N) is 1. The first-order valence-corrected chi connectivity index (χ1v) is 13.3. The number of unbranched alkanes of at least 4 members (excludes halogenated alkanes) is 5. The molecule has 1 atom stereocenters. The van der Waals surface area contributed by atoms with Crippen LogP contribution in [0, 0.1) is 0 Å². The van der Waals surface area contributed by atoms with Crippen molar-refractivity contribution in [1.29, 1.82) is 0 Å². The number of carbonyl (C=O) groups excluding carboxylic acids is 2. The fourth-order valence-corrected chi connectivity index (χ4v) is 4.03. The minimum Gasteiger partial charge on any atom is -0.461 e. The van der Waals surface area contributed by atoms with E-state index in [1.165, 1.54) is 12.0 Å². The molecule has 2 rings (SSSR count). The molecular weight excluding hydrogens is 452 g/mol. The Morgan fingerprint density at radius 3 is 2.08 bits per heavy atom. The van der Waals surface area contributed by atoms with Crippen LogP contribution in [0.2, 0.25) is 0 Å². The third-order valence-corrected chi connectivity index (χ3v) is 5.93. The van der Waals surface area contributed by atoms with E-state index in [2.05, 4.69) is 29.6 Å². The van der Waals surface area contributed by atoms with Gasteiger partial charge in [0.1, 0.15) is 6.61 Å². The van der Waals surface area contributed by atoms with Crippen LogP contribution >= 0.6 is 0 Å². The number of carbonyl (C=O) groups is 2. The van der Waals surface area contributed by atoms with Crippen molar-refractivity contribution in [2.24, 2.45) is 0 Å². The van der Waals surface area contributed by atoms with Gasteiger partial charge >= 0.3 is 5.97 Å². The van der Waals surface area contributed by atoms with E-state index in [1.807, 2.05) is 55.4 Å². The summed E-state index contributed by atoms with van der Waals surface area (Å²) in [5.41, 5.74) is 2.27. The van der Waals surface area contributed by atoms with Gasteiger partial charge in [0, 0.05) is 19.6 Å². The molecule has 1 N–H and O–H groups in total. The third kappa shape index (κ3) is 14.6. The minimum atomic E-state index is -0.296. The number of ether oxygens (including phenoxy) is 2. The first kappa shape index (κ1) is 29.5. The van der Waals surface area contributed by atoms with E-state index in [-0.39, 0.29) is 30.9 Å². The van der Waals surface area contributed by atoms with Crippen LogP contribution in [-0.2, 0) is 32.1 Å². The van der Waals surface area contributed by atoms with Gasteiger partial charge < -0.3 is 19.7 Å². The number of rotatable bonds is 19. The van der Waals surface area contributed by atoms with Crippen molar-refractivity contribution in [3.8, 4) is 0 Å². The number of likely N-dealkylation sites (N-methyl/N-ethyl adjacent to an activating group) is 1. The summed E-state index contributed by atoms with van der Waals surface area (Å²) in [4.78, 5) is 26.7. The third-order valence-electron chi connectivity index (χ3n) is 5.93. The largest absolute Gasteiger partial charge is 0.461 e. The number of esters is 1. The van der Waals surface area contributed by atoms with E-state index in [4.69, 9.17) is 9.47 Å². The lowest BCUT2D eigenvalue weighted by molar-refractivity contribution is -0.145. The summed E-state index contributed by atoms with van der Waals surface area (Å²) < 4.78 is 11.1. The average molecular weight is 497 g/mol. The average Bonchev–Trinajstić information content (AvgIpc) is 2.87. The first-order valence-electron chi connectivity index (χ1n) is 13.3. The smallest absolute Gasteiger partial charge is 0.308 e. The molecule has 0 heterocycles. The number of hydrogen-bond donors (Lipinski definition) is 1. The molecule has 0 saturated carbocycles. The first-order chi connectivity index (χ1) is 17.5. The topological polar surface area (TPSA) is 67.9 Å². The standard InChI is InChI=1S/C30H44N2O4/c1-32(2)24-28(23-30(34)36-25-27-17-11-8-12-18-27)31-29(33)19-13-5-3-4-6-14-21-35-22-20-26-15-9-7-10-16-26/h7-12,15-18,28H,3-6,13-14,19-25H2,1-2H3,(H,31,33)/t28-/m1/s1. The molecule has 0 radical (unpaired) electrons. The zero-order valence-electron chi connectivity index (χ0n) is 22.1. The van der Waals surface area contributed by atoms with Crippen LogP contribution in [0.25, 0.3) is 0 Å². The van der Waals surface area contributed by atoms with Crippen molar-refractivity contribution in [3.63, 3.8) is 0 Å². The molecule has 0 fully saturated rings. The zero-order chi connectivity index (χ0) is 25.8. The molecule has 36 heavy (non-hydrogen) atoms. The van der Waals surface area contributed by atoms with Crippen LogP contribution in [0.15, 0.2) is 60.7 Å². The number of hydrogen-bond acceptors (Lipinski definition) is 5. The van der Waals surface area contributed by atoms with Crippen LogP contribution in [0.1, 0.15) is 62.5 Å². The Kier molecular flexibility index (Phi) is 15.2. The van der Waals surface area contributed by atoms with Crippen LogP contribution < -0.4 is 5.32 Å². The van der Waals surface area contributed by atoms with Gasteiger partial charge in [-0.05, 0) is 44.5 Å². The molecule has 6 heteroatoms. The Morgan fingerprint density at radius 2 is 1.42 bits per heavy atom. The summed E-state index contributed by atoms with van der Waals surface area (Å²) in [5.74, 6) is -0.292. The summed E-state index contributed by atoms with van der Waals surface area (Å²) in [7, 11) is 3.87. The maximum absolute atomic E-state index is 12.4. The van der Waals surface area contributed by atoms with E-state index < -0.39 is 0 Å². The van der Waals surface area contributed by atoms with E-state index in [0.717, 1.165) is 57.3 Å². The molecule has 2 aromatic carbocycles. The molecule has 0 saturated heterocycles. The Balaban J connectivity index is 1.49. The highest BCUT2D eigenvalue weighted by Gasteiger charge is 2.18. The fourth-order valence-electron chi connectivity index (χ4n) is 4.03. The molecule has 1 amide bonds. The Bertz CT molecular complexity index is 843. The van der Waals surface area contributed by atoms with Crippen molar-refractivity contribution in [2.45, 2.75) is 70.4 Å². The molecular formula is C30H44N2O4. The molecule has 0 aliphatic heterocycles. The van der Waals surface area contributed by atoms with Gasteiger partial charge in [0.2, 0.25) is 5.91 Å². The lowest BCUT2D eigenvalue weighted by atomic mass is 10.1. The molecule has 0 bridgehead atoms. The van der Waals surface area contributed by atoms with E-state index in [1.54, 1.807) is 0 Å². The summed E-state index contributed by atoms with van der Waals surface area (Å²) in [6, 6.07) is 19.8. The fraction of sp³-hybridized carbons (Fsp3) is 0.533. The minimum absolute atomic E-state index is 0.00419. The lowest BCUT2D eigenvalue weighted by Gasteiger charge is -2.22. The van der Waals surface area contributed by atoms with Gasteiger partial charge in [0.15, 0.2) is 0 Å². The second kappa shape index (κ2) is 18.6. The van der Waals surface area contributed by atoms with Gasteiger partial charge in [-0.15, -0.1) is 0 Å². The Hall–Kier alpha value is -2.70.